The van der Waals surface area contributed by atoms with Crippen molar-refractivity contribution >= 4 is 11.5 Å². The standard InChI is InChI=1S/C11H12FNO/c1-8(11(14)13(2)3)9-4-6-10(12)7-5-9/h4-7H,1H2,2-3H3. The van der Waals surface area contributed by atoms with Crippen molar-refractivity contribution in [1.82, 2.24) is 4.90 Å². The first-order valence-corrected chi connectivity index (χ1v) is 4.19. The lowest BCUT2D eigenvalue weighted by Crippen LogP contribution is -2.22. The molecular formula is C11H12FNO. The van der Waals surface area contributed by atoms with Crippen LogP contribution in [0, 0.1) is 5.82 Å². The van der Waals surface area contributed by atoms with Gasteiger partial charge in [0.25, 0.3) is 5.91 Å². The van der Waals surface area contributed by atoms with Crippen molar-refractivity contribution in [3.8, 4) is 0 Å². The fourth-order valence-corrected chi connectivity index (χ4v) is 1.04. The second kappa shape index (κ2) is 4.05. The van der Waals surface area contributed by atoms with Crippen LogP contribution < -0.4 is 0 Å². The van der Waals surface area contributed by atoms with Crippen molar-refractivity contribution in [2.45, 2.75) is 0 Å². The molecule has 0 aliphatic rings. The van der Waals surface area contributed by atoms with Crippen LogP contribution in [0.4, 0.5) is 4.39 Å². The van der Waals surface area contributed by atoms with Crippen LogP contribution in [-0.2, 0) is 4.79 Å². The smallest absolute Gasteiger partial charge is 0.253 e. The number of likely N-dealkylation sites (N-methyl/N-ethyl adjacent to an activating group) is 1. The van der Waals surface area contributed by atoms with Gasteiger partial charge in [0.15, 0.2) is 0 Å². The molecule has 0 aliphatic heterocycles. The first-order valence-electron chi connectivity index (χ1n) is 4.19. The fraction of sp³-hybridized carbons (Fsp3) is 0.182. The van der Waals surface area contributed by atoms with E-state index in [9.17, 15) is 9.18 Å². The molecule has 1 rings (SSSR count). The summed E-state index contributed by atoms with van der Waals surface area (Å²) in [6.07, 6.45) is 0. The van der Waals surface area contributed by atoms with Gasteiger partial charge in [0, 0.05) is 19.7 Å². The summed E-state index contributed by atoms with van der Waals surface area (Å²) in [5.74, 6) is -0.490. The Kier molecular flexibility index (Phi) is 3.02. The Balaban J connectivity index is 2.90. The molecule has 1 amide bonds. The van der Waals surface area contributed by atoms with Crippen LogP contribution in [0.3, 0.4) is 0 Å². The van der Waals surface area contributed by atoms with Crippen molar-refractivity contribution in [2.75, 3.05) is 14.1 Å². The number of halogens is 1. The van der Waals surface area contributed by atoms with Crippen molar-refractivity contribution in [3.63, 3.8) is 0 Å². The largest absolute Gasteiger partial charge is 0.345 e. The highest BCUT2D eigenvalue weighted by molar-refractivity contribution is 6.18. The SMILES string of the molecule is C=C(C(=O)N(C)C)c1ccc(F)cc1. The third kappa shape index (κ3) is 2.19. The molecule has 0 fully saturated rings. The van der Waals surface area contributed by atoms with Gasteiger partial charge >= 0.3 is 0 Å². The minimum Gasteiger partial charge on any atom is -0.345 e. The van der Waals surface area contributed by atoms with Crippen LogP contribution in [0.25, 0.3) is 5.57 Å². The highest BCUT2D eigenvalue weighted by atomic mass is 19.1. The van der Waals surface area contributed by atoms with Crippen LogP contribution in [0.15, 0.2) is 30.8 Å². The van der Waals surface area contributed by atoms with Crippen LogP contribution >= 0.6 is 0 Å². The van der Waals surface area contributed by atoms with E-state index in [1.165, 1.54) is 17.0 Å². The van der Waals surface area contributed by atoms with Gasteiger partial charge in [0.1, 0.15) is 5.82 Å². The maximum absolute atomic E-state index is 12.6. The third-order valence-electron chi connectivity index (χ3n) is 1.86. The molecule has 0 saturated carbocycles. The molecule has 0 saturated heterocycles. The van der Waals surface area contributed by atoms with Crippen LogP contribution in [-0.4, -0.2) is 24.9 Å². The lowest BCUT2D eigenvalue weighted by molar-refractivity contribution is -0.122. The average Bonchev–Trinajstić information content (AvgIpc) is 2.16. The predicted molar refractivity (Wildman–Crippen MR) is 54.1 cm³/mol. The van der Waals surface area contributed by atoms with Gasteiger partial charge in [-0.05, 0) is 17.7 Å². The zero-order chi connectivity index (χ0) is 10.7. The molecule has 0 N–H and O–H groups in total. The summed E-state index contributed by atoms with van der Waals surface area (Å²) < 4.78 is 12.6. The number of hydrogen-bond donors (Lipinski definition) is 0. The van der Waals surface area contributed by atoms with Crippen molar-refractivity contribution in [2.24, 2.45) is 0 Å². The van der Waals surface area contributed by atoms with Gasteiger partial charge in [0.2, 0.25) is 0 Å². The van der Waals surface area contributed by atoms with Gasteiger partial charge < -0.3 is 4.90 Å². The van der Waals surface area contributed by atoms with Crippen molar-refractivity contribution < 1.29 is 9.18 Å². The first kappa shape index (κ1) is 10.4. The predicted octanol–water partition coefficient (Wildman–Crippen LogP) is 1.93. The summed E-state index contributed by atoms with van der Waals surface area (Å²) in [4.78, 5) is 12.9. The normalized spacial score (nSPS) is 9.64. The molecule has 0 bridgehead atoms. The van der Waals surface area contributed by atoms with E-state index in [4.69, 9.17) is 0 Å². The van der Waals surface area contributed by atoms with E-state index in [-0.39, 0.29) is 11.7 Å². The van der Waals surface area contributed by atoms with Gasteiger partial charge in [-0.2, -0.15) is 0 Å². The number of hydrogen-bond acceptors (Lipinski definition) is 1. The van der Waals surface area contributed by atoms with Gasteiger partial charge in [0.05, 0.1) is 0 Å². The molecule has 0 heterocycles. The monoisotopic (exact) mass is 193 g/mol. The molecule has 0 aromatic heterocycles. The lowest BCUT2D eigenvalue weighted by atomic mass is 10.1. The van der Waals surface area contributed by atoms with E-state index in [2.05, 4.69) is 6.58 Å². The summed E-state index contributed by atoms with van der Waals surface area (Å²) in [7, 11) is 3.30. The quantitative estimate of drug-likeness (QED) is 0.657. The summed E-state index contributed by atoms with van der Waals surface area (Å²) in [5.41, 5.74) is 1.01. The molecule has 74 valence electrons. The van der Waals surface area contributed by atoms with E-state index < -0.39 is 0 Å². The molecule has 0 atom stereocenters. The molecule has 1 aromatic carbocycles. The molecular weight excluding hydrogens is 181 g/mol. The highest BCUT2D eigenvalue weighted by Gasteiger charge is 2.10. The number of nitrogens with zero attached hydrogens (tertiary/aromatic N) is 1. The minimum absolute atomic E-state index is 0.170. The summed E-state index contributed by atoms with van der Waals surface area (Å²) in [6, 6.07) is 5.70. The Bertz CT molecular complexity index is 354. The zero-order valence-corrected chi connectivity index (χ0v) is 8.25. The minimum atomic E-state index is -0.321. The molecule has 0 unspecified atom stereocenters. The fourth-order valence-electron chi connectivity index (χ4n) is 1.04. The summed E-state index contributed by atoms with van der Waals surface area (Å²) in [5, 5.41) is 0. The van der Waals surface area contributed by atoms with Gasteiger partial charge in [-0.25, -0.2) is 4.39 Å². The number of benzene rings is 1. The number of rotatable bonds is 2. The Morgan fingerprint density at radius 1 is 1.29 bits per heavy atom. The van der Waals surface area contributed by atoms with Crippen LogP contribution in [0.1, 0.15) is 5.56 Å². The van der Waals surface area contributed by atoms with Gasteiger partial charge in [-0.1, -0.05) is 18.7 Å². The summed E-state index contributed by atoms with van der Waals surface area (Å²) in [6.45, 7) is 3.66. The second-order valence-corrected chi connectivity index (χ2v) is 3.19. The highest BCUT2D eigenvalue weighted by Crippen LogP contribution is 2.14. The van der Waals surface area contributed by atoms with Gasteiger partial charge in [-0.3, -0.25) is 4.79 Å². The van der Waals surface area contributed by atoms with E-state index in [0.29, 0.717) is 11.1 Å². The molecule has 14 heavy (non-hydrogen) atoms. The second-order valence-electron chi connectivity index (χ2n) is 3.19. The molecule has 0 spiro atoms. The average molecular weight is 193 g/mol. The molecule has 3 heteroatoms. The zero-order valence-electron chi connectivity index (χ0n) is 8.25. The first-order chi connectivity index (χ1) is 6.52. The molecule has 2 nitrogen and oxygen atoms in total. The van der Waals surface area contributed by atoms with Crippen LogP contribution in [0.2, 0.25) is 0 Å². The van der Waals surface area contributed by atoms with Crippen molar-refractivity contribution in [3.05, 3.63) is 42.2 Å². The maximum atomic E-state index is 12.6. The molecule has 0 radical (unpaired) electrons. The Morgan fingerprint density at radius 2 is 1.79 bits per heavy atom. The maximum Gasteiger partial charge on any atom is 0.253 e. The lowest BCUT2D eigenvalue weighted by Gasteiger charge is -2.12. The third-order valence-corrected chi connectivity index (χ3v) is 1.86. The van der Waals surface area contributed by atoms with E-state index in [0.717, 1.165) is 0 Å². The molecule has 1 aromatic rings. The number of carbonyl (C=O) groups is 1. The Labute approximate surface area is 82.7 Å². The van der Waals surface area contributed by atoms with Gasteiger partial charge in [-0.15, -0.1) is 0 Å². The number of amides is 1. The Hall–Kier alpha value is -1.64. The van der Waals surface area contributed by atoms with Crippen LogP contribution in [0.5, 0.6) is 0 Å². The topological polar surface area (TPSA) is 20.3 Å². The number of carbonyl (C=O) groups excluding carboxylic acids is 1. The van der Waals surface area contributed by atoms with E-state index in [1.54, 1.807) is 26.2 Å². The Morgan fingerprint density at radius 3 is 2.21 bits per heavy atom. The summed E-state index contributed by atoms with van der Waals surface area (Å²) >= 11 is 0. The van der Waals surface area contributed by atoms with E-state index >= 15 is 0 Å². The van der Waals surface area contributed by atoms with E-state index in [1.807, 2.05) is 0 Å². The van der Waals surface area contributed by atoms with Crippen molar-refractivity contribution in [1.29, 1.82) is 0 Å². The molecule has 0 aliphatic carbocycles.